The molecule has 2 rings (SSSR count). The normalized spacial score (nSPS) is 14.2. The van der Waals surface area contributed by atoms with Crippen LogP contribution in [0.1, 0.15) is 12.5 Å². The Morgan fingerprint density at radius 3 is 2.09 bits per heavy atom. The van der Waals surface area contributed by atoms with Gasteiger partial charge in [-0.05, 0) is 13.0 Å². The highest BCUT2D eigenvalue weighted by Crippen LogP contribution is 2.35. The highest BCUT2D eigenvalue weighted by molar-refractivity contribution is 6.46. The number of benzene rings is 1. The third kappa shape index (κ3) is 2.74. The molecule has 22 heavy (non-hydrogen) atoms. The van der Waals surface area contributed by atoms with Gasteiger partial charge >= 0.3 is 6.03 Å². The van der Waals surface area contributed by atoms with Crippen molar-refractivity contribution < 1.29 is 23.8 Å². The molecule has 0 fully saturated rings. The maximum Gasteiger partial charge on any atom is 0.350 e. The number of urea groups is 1. The Hall–Kier alpha value is -2.57. The number of hydrogen-bond donors (Lipinski definition) is 0. The Balaban J connectivity index is 2.35. The summed E-state index contributed by atoms with van der Waals surface area (Å²) in [6.45, 7) is 2.03. The summed E-state index contributed by atoms with van der Waals surface area (Å²) in [6, 6.07) is 2.86. The van der Waals surface area contributed by atoms with E-state index in [2.05, 4.69) is 4.99 Å². The minimum absolute atomic E-state index is 0.185. The molecule has 0 aromatic heterocycles. The maximum absolute atomic E-state index is 12.1. The van der Waals surface area contributed by atoms with Crippen LogP contribution < -0.4 is 14.2 Å². The van der Waals surface area contributed by atoms with Crippen molar-refractivity contribution in [2.45, 2.75) is 13.3 Å². The average molecular weight is 306 g/mol. The lowest BCUT2D eigenvalue weighted by Crippen LogP contribution is -2.32. The fraction of sp³-hybridized carbons (Fsp3) is 0.400. The van der Waals surface area contributed by atoms with Gasteiger partial charge in [0, 0.05) is 24.6 Å². The van der Waals surface area contributed by atoms with Gasteiger partial charge < -0.3 is 14.2 Å². The summed E-state index contributed by atoms with van der Waals surface area (Å²) < 4.78 is 15.8. The van der Waals surface area contributed by atoms with Crippen molar-refractivity contribution >= 4 is 17.6 Å². The summed E-state index contributed by atoms with van der Waals surface area (Å²) in [5.74, 6) is 1.21. The Morgan fingerprint density at radius 2 is 1.59 bits per heavy atom. The quantitative estimate of drug-likeness (QED) is 0.799. The molecule has 0 saturated heterocycles. The van der Waals surface area contributed by atoms with Gasteiger partial charge in [-0.1, -0.05) is 0 Å². The van der Waals surface area contributed by atoms with Crippen molar-refractivity contribution in [2.75, 3.05) is 27.9 Å². The molecule has 1 aromatic rings. The largest absolute Gasteiger partial charge is 0.496 e. The number of nitrogens with zero attached hydrogens (tertiary/aromatic N) is 2. The molecule has 0 aliphatic carbocycles. The summed E-state index contributed by atoms with van der Waals surface area (Å²) in [4.78, 5) is 28.7. The SMILES string of the molecule is CCN1C(=O)N=C(Cc2cc(OC)c(OC)cc2OC)C1=O. The second kappa shape index (κ2) is 6.46. The van der Waals surface area contributed by atoms with Crippen LogP contribution in [-0.4, -0.2) is 50.4 Å². The Morgan fingerprint density at radius 1 is 1.00 bits per heavy atom. The molecule has 7 heteroatoms. The van der Waals surface area contributed by atoms with Gasteiger partial charge in [-0.3, -0.25) is 9.69 Å². The minimum Gasteiger partial charge on any atom is -0.496 e. The van der Waals surface area contributed by atoms with Crippen LogP contribution in [0.5, 0.6) is 17.2 Å². The standard InChI is InChI=1S/C15H18N2O5/c1-5-17-14(18)10(16-15(17)19)6-9-7-12(21-3)13(22-4)8-11(9)20-2/h7-8H,5-6H2,1-4H3. The molecule has 1 heterocycles. The first-order valence-electron chi connectivity index (χ1n) is 6.77. The topological polar surface area (TPSA) is 77.4 Å². The third-order valence-electron chi connectivity index (χ3n) is 3.41. The summed E-state index contributed by atoms with van der Waals surface area (Å²) in [5.41, 5.74) is 0.885. The highest BCUT2D eigenvalue weighted by atomic mass is 16.5. The van der Waals surface area contributed by atoms with E-state index in [9.17, 15) is 9.59 Å². The van der Waals surface area contributed by atoms with Crippen molar-refractivity contribution in [1.82, 2.24) is 4.90 Å². The van der Waals surface area contributed by atoms with E-state index in [0.29, 0.717) is 29.4 Å². The van der Waals surface area contributed by atoms with Crippen molar-refractivity contribution in [3.05, 3.63) is 17.7 Å². The Kier molecular flexibility index (Phi) is 4.65. The Bertz CT molecular complexity index is 639. The van der Waals surface area contributed by atoms with Crippen molar-refractivity contribution in [2.24, 2.45) is 4.99 Å². The zero-order valence-corrected chi connectivity index (χ0v) is 13.0. The number of methoxy groups -OCH3 is 3. The molecular weight excluding hydrogens is 288 g/mol. The molecule has 118 valence electrons. The van der Waals surface area contributed by atoms with E-state index >= 15 is 0 Å². The van der Waals surface area contributed by atoms with Crippen LogP contribution in [0.4, 0.5) is 4.79 Å². The summed E-state index contributed by atoms with van der Waals surface area (Å²) in [5, 5.41) is 0. The van der Waals surface area contributed by atoms with Gasteiger partial charge in [-0.25, -0.2) is 4.79 Å². The molecular formula is C15H18N2O5. The van der Waals surface area contributed by atoms with E-state index in [1.54, 1.807) is 19.1 Å². The summed E-state index contributed by atoms with van der Waals surface area (Å²) in [6.07, 6.45) is 0.185. The molecule has 0 unspecified atom stereocenters. The first kappa shape index (κ1) is 15.8. The van der Waals surface area contributed by atoms with Gasteiger partial charge in [0.1, 0.15) is 11.5 Å². The van der Waals surface area contributed by atoms with Crippen molar-refractivity contribution in [3.63, 3.8) is 0 Å². The lowest BCUT2D eigenvalue weighted by molar-refractivity contribution is -0.120. The molecule has 0 N–H and O–H groups in total. The van der Waals surface area contributed by atoms with Crippen LogP contribution in [-0.2, 0) is 11.2 Å². The van der Waals surface area contributed by atoms with Crippen LogP contribution in [0.2, 0.25) is 0 Å². The van der Waals surface area contributed by atoms with E-state index in [0.717, 1.165) is 4.90 Å². The second-order valence-corrected chi connectivity index (χ2v) is 4.59. The van der Waals surface area contributed by atoms with Crippen LogP contribution >= 0.6 is 0 Å². The highest BCUT2D eigenvalue weighted by Gasteiger charge is 2.32. The number of hydrogen-bond acceptors (Lipinski definition) is 5. The molecule has 0 radical (unpaired) electrons. The fourth-order valence-electron chi connectivity index (χ4n) is 2.27. The van der Waals surface area contributed by atoms with E-state index in [1.165, 1.54) is 21.3 Å². The molecule has 0 atom stereocenters. The zero-order valence-electron chi connectivity index (χ0n) is 13.0. The number of imide groups is 1. The van der Waals surface area contributed by atoms with Gasteiger partial charge in [0.2, 0.25) is 0 Å². The number of carbonyl (C=O) groups excluding carboxylic acids is 2. The summed E-state index contributed by atoms with van der Waals surface area (Å²) in [7, 11) is 4.57. The fourth-order valence-corrected chi connectivity index (χ4v) is 2.27. The number of amides is 3. The van der Waals surface area contributed by atoms with Gasteiger partial charge in [-0.15, -0.1) is 0 Å². The predicted molar refractivity (Wildman–Crippen MR) is 80.0 cm³/mol. The van der Waals surface area contributed by atoms with Crippen molar-refractivity contribution in [1.29, 1.82) is 0 Å². The van der Waals surface area contributed by atoms with Crippen LogP contribution in [0, 0.1) is 0 Å². The first-order valence-corrected chi connectivity index (χ1v) is 6.77. The molecule has 7 nitrogen and oxygen atoms in total. The van der Waals surface area contributed by atoms with Crippen molar-refractivity contribution in [3.8, 4) is 17.2 Å². The average Bonchev–Trinajstić information content (AvgIpc) is 2.80. The van der Waals surface area contributed by atoms with Crippen LogP contribution in [0.3, 0.4) is 0 Å². The van der Waals surface area contributed by atoms with E-state index in [4.69, 9.17) is 14.2 Å². The third-order valence-corrected chi connectivity index (χ3v) is 3.41. The predicted octanol–water partition coefficient (Wildman–Crippen LogP) is 1.68. The number of ether oxygens (including phenoxy) is 3. The van der Waals surface area contributed by atoms with E-state index in [1.807, 2.05) is 0 Å². The maximum atomic E-state index is 12.1. The Labute approximate surface area is 128 Å². The van der Waals surface area contributed by atoms with Gasteiger partial charge in [0.05, 0.1) is 21.3 Å². The van der Waals surface area contributed by atoms with Crippen LogP contribution in [0.25, 0.3) is 0 Å². The molecule has 3 amide bonds. The number of carbonyl (C=O) groups is 2. The smallest absolute Gasteiger partial charge is 0.350 e. The molecule has 1 aliphatic heterocycles. The van der Waals surface area contributed by atoms with Gasteiger partial charge in [-0.2, -0.15) is 4.99 Å². The first-order chi connectivity index (χ1) is 10.5. The lowest BCUT2D eigenvalue weighted by Gasteiger charge is -2.14. The second-order valence-electron chi connectivity index (χ2n) is 4.59. The summed E-state index contributed by atoms with van der Waals surface area (Å²) >= 11 is 0. The zero-order chi connectivity index (χ0) is 16.3. The molecule has 1 aromatic carbocycles. The molecule has 1 aliphatic rings. The molecule has 0 spiro atoms. The molecule has 0 bridgehead atoms. The van der Waals surface area contributed by atoms with E-state index in [-0.39, 0.29) is 18.0 Å². The minimum atomic E-state index is -0.526. The number of aliphatic imine (C=N–C) groups is 1. The van der Waals surface area contributed by atoms with Crippen LogP contribution in [0.15, 0.2) is 17.1 Å². The van der Waals surface area contributed by atoms with Gasteiger partial charge in [0.15, 0.2) is 11.5 Å². The lowest BCUT2D eigenvalue weighted by atomic mass is 10.1. The number of rotatable bonds is 6. The van der Waals surface area contributed by atoms with Gasteiger partial charge in [0.25, 0.3) is 5.91 Å². The van der Waals surface area contributed by atoms with E-state index < -0.39 is 6.03 Å². The monoisotopic (exact) mass is 306 g/mol. The molecule has 0 saturated carbocycles.